The van der Waals surface area contributed by atoms with Gasteiger partial charge < -0.3 is 9.69 Å². The number of hydrogen-bond acceptors (Lipinski definition) is 2. The Morgan fingerprint density at radius 1 is 1.00 bits per heavy atom. The van der Waals surface area contributed by atoms with Crippen LogP contribution in [0.4, 0.5) is 0 Å². The highest BCUT2D eigenvalue weighted by Gasteiger charge is 2.24. The van der Waals surface area contributed by atoms with Gasteiger partial charge in [-0.2, -0.15) is 0 Å². The molecule has 1 unspecified atom stereocenters. The Morgan fingerprint density at radius 3 is 2.55 bits per heavy atom. The van der Waals surface area contributed by atoms with Crippen molar-refractivity contribution >= 4 is 12.2 Å². The second-order valence-electron chi connectivity index (χ2n) is 6.43. The van der Waals surface area contributed by atoms with Gasteiger partial charge in [-0.1, -0.05) is 38.2 Å². The summed E-state index contributed by atoms with van der Waals surface area (Å²) in [6, 6.07) is 0.281. The molecule has 0 aromatic heterocycles. The summed E-state index contributed by atoms with van der Waals surface area (Å²) < 4.78 is 0. The molecule has 0 aliphatic carbocycles. The lowest BCUT2D eigenvalue weighted by Crippen LogP contribution is -2.40. The van der Waals surface area contributed by atoms with E-state index in [0.29, 0.717) is 18.7 Å². The highest BCUT2D eigenvalue weighted by Crippen LogP contribution is 2.21. The second-order valence-corrected chi connectivity index (χ2v) is 6.43. The van der Waals surface area contributed by atoms with Gasteiger partial charge in [0.05, 0.1) is 0 Å². The third-order valence-corrected chi connectivity index (χ3v) is 4.61. The van der Waals surface area contributed by atoms with Crippen LogP contribution < -0.4 is 0 Å². The third-order valence-electron chi connectivity index (χ3n) is 4.61. The maximum Gasteiger partial charge on any atom is 0.222 e. The number of unbranched alkanes of at least 4 members (excludes halogenated alkanes) is 5. The predicted molar refractivity (Wildman–Crippen MR) is 91.8 cm³/mol. The molecule has 0 spiro atoms. The van der Waals surface area contributed by atoms with Crippen LogP contribution in [0.3, 0.4) is 0 Å². The summed E-state index contributed by atoms with van der Waals surface area (Å²) in [5, 5.41) is 0. The van der Waals surface area contributed by atoms with E-state index < -0.39 is 0 Å². The Balaban J connectivity index is 2.34. The van der Waals surface area contributed by atoms with E-state index in [2.05, 4.69) is 11.5 Å². The Hall–Kier alpha value is -1.12. The largest absolute Gasteiger partial charge is 0.340 e. The van der Waals surface area contributed by atoms with Gasteiger partial charge in [0, 0.05) is 25.4 Å². The highest BCUT2D eigenvalue weighted by molar-refractivity contribution is 5.76. The van der Waals surface area contributed by atoms with Gasteiger partial charge in [0.1, 0.15) is 6.29 Å². The fourth-order valence-electron chi connectivity index (χ4n) is 3.31. The number of allylic oxidation sites excluding steroid dienone is 1. The normalized spacial score (nSPS) is 17.1. The van der Waals surface area contributed by atoms with Crippen LogP contribution in [0.25, 0.3) is 0 Å². The summed E-state index contributed by atoms with van der Waals surface area (Å²) in [6.07, 6.45) is 16.7. The molecule has 1 aliphatic rings. The molecular formula is C19H33NO2. The van der Waals surface area contributed by atoms with E-state index in [4.69, 9.17) is 0 Å². The average molecular weight is 307 g/mol. The van der Waals surface area contributed by atoms with Gasteiger partial charge in [-0.3, -0.25) is 4.79 Å². The van der Waals surface area contributed by atoms with Crippen LogP contribution in [-0.4, -0.2) is 29.7 Å². The van der Waals surface area contributed by atoms with Crippen molar-refractivity contribution in [2.75, 3.05) is 6.54 Å². The predicted octanol–water partition coefficient (Wildman–Crippen LogP) is 4.65. The van der Waals surface area contributed by atoms with Crippen LogP contribution >= 0.6 is 0 Å². The van der Waals surface area contributed by atoms with Gasteiger partial charge in [-0.25, -0.2) is 0 Å². The van der Waals surface area contributed by atoms with Crippen molar-refractivity contribution in [1.29, 1.82) is 0 Å². The number of aldehydes is 1. The molecule has 0 saturated carbocycles. The molecule has 3 heteroatoms. The molecule has 1 heterocycles. The van der Waals surface area contributed by atoms with Crippen LogP contribution in [-0.2, 0) is 9.59 Å². The van der Waals surface area contributed by atoms with Crippen molar-refractivity contribution in [1.82, 2.24) is 4.90 Å². The zero-order valence-corrected chi connectivity index (χ0v) is 14.1. The van der Waals surface area contributed by atoms with Gasteiger partial charge in [0.15, 0.2) is 0 Å². The fourth-order valence-corrected chi connectivity index (χ4v) is 3.31. The maximum atomic E-state index is 12.3. The van der Waals surface area contributed by atoms with E-state index in [1.54, 1.807) is 0 Å². The summed E-state index contributed by atoms with van der Waals surface area (Å²) >= 11 is 0. The molecule has 1 amide bonds. The fraction of sp³-hybridized carbons (Fsp3) is 0.789. The molecule has 1 fully saturated rings. The van der Waals surface area contributed by atoms with Crippen molar-refractivity contribution in [2.45, 2.75) is 89.5 Å². The molecule has 0 bridgehead atoms. The first-order valence-corrected chi connectivity index (χ1v) is 9.13. The lowest BCUT2D eigenvalue weighted by molar-refractivity contribution is -0.133. The molecule has 0 aromatic carbocycles. The monoisotopic (exact) mass is 307 g/mol. The summed E-state index contributed by atoms with van der Waals surface area (Å²) in [6.45, 7) is 4.64. The first kappa shape index (κ1) is 18.9. The molecular weight excluding hydrogens is 274 g/mol. The zero-order valence-electron chi connectivity index (χ0n) is 14.1. The Kier molecular flexibility index (Phi) is 10.7. The average Bonchev–Trinajstić information content (AvgIpc) is 2.74. The minimum Gasteiger partial charge on any atom is -0.340 e. The number of amides is 1. The molecule has 126 valence electrons. The van der Waals surface area contributed by atoms with Crippen molar-refractivity contribution in [3.05, 3.63) is 12.7 Å². The van der Waals surface area contributed by atoms with Crippen molar-refractivity contribution in [2.24, 2.45) is 0 Å². The van der Waals surface area contributed by atoms with Crippen LogP contribution in [0.2, 0.25) is 0 Å². The van der Waals surface area contributed by atoms with Crippen molar-refractivity contribution in [3.8, 4) is 0 Å². The molecule has 0 aromatic rings. The van der Waals surface area contributed by atoms with Crippen LogP contribution in [0.15, 0.2) is 12.7 Å². The maximum absolute atomic E-state index is 12.3. The zero-order chi connectivity index (χ0) is 16.0. The van der Waals surface area contributed by atoms with Gasteiger partial charge >= 0.3 is 0 Å². The van der Waals surface area contributed by atoms with E-state index >= 15 is 0 Å². The summed E-state index contributed by atoms with van der Waals surface area (Å²) in [7, 11) is 0. The molecule has 1 rings (SSSR count). The van der Waals surface area contributed by atoms with E-state index in [0.717, 1.165) is 51.4 Å². The topological polar surface area (TPSA) is 37.4 Å². The number of carbonyl (C=O) groups excluding carboxylic acids is 2. The molecule has 1 saturated heterocycles. The Bertz CT molecular complexity index is 327. The standard InChI is InChI=1S/C19H33NO2/c1-2-3-4-5-6-7-9-13-18(14-12-17-21)20-16-11-8-10-15-19(20)22/h2,17-18H,1,3-16H2. The first-order valence-electron chi connectivity index (χ1n) is 9.13. The first-order chi connectivity index (χ1) is 10.8. The quantitative estimate of drug-likeness (QED) is 0.299. The van der Waals surface area contributed by atoms with Gasteiger partial charge in [0.25, 0.3) is 0 Å². The molecule has 0 N–H and O–H groups in total. The van der Waals surface area contributed by atoms with Gasteiger partial charge in [-0.15, -0.1) is 6.58 Å². The SMILES string of the molecule is C=CCCCCCCCC(CCC=O)N1CCCCCC1=O. The molecule has 3 nitrogen and oxygen atoms in total. The van der Waals surface area contributed by atoms with Gasteiger partial charge in [0.2, 0.25) is 5.91 Å². The molecule has 0 radical (unpaired) electrons. The van der Waals surface area contributed by atoms with Crippen molar-refractivity contribution in [3.63, 3.8) is 0 Å². The molecule has 1 atom stereocenters. The van der Waals surface area contributed by atoms with Crippen molar-refractivity contribution < 1.29 is 9.59 Å². The minimum atomic E-state index is 0.281. The lowest BCUT2D eigenvalue weighted by atomic mass is 10.0. The number of likely N-dealkylation sites (tertiary alicyclic amines) is 1. The third kappa shape index (κ3) is 7.77. The smallest absolute Gasteiger partial charge is 0.222 e. The van der Waals surface area contributed by atoms with E-state index in [-0.39, 0.29) is 6.04 Å². The number of hydrogen-bond donors (Lipinski definition) is 0. The van der Waals surface area contributed by atoms with E-state index in [1.807, 2.05) is 6.08 Å². The number of nitrogens with zero attached hydrogens (tertiary/aromatic N) is 1. The Labute approximate surface area is 136 Å². The molecule has 22 heavy (non-hydrogen) atoms. The molecule has 1 aliphatic heterocycles. The minimum absolute atomic E-state index is 0.281. The number of rotatable bonds is 12. The van der Waals surface area contributed by atoms with Crippen LogP contribution in [0, 0.1) is 0 Å². The number of carbonyl (C=O) groups is 2. The van der Waals surface area contributed by atoms with Crippen LogP contribution in [0.1, 0.15) is 83.5 Å². The van der Waals surface area contributed by atoms with E-state index in [1.165, 1.54) is 32.1 Å². The van der Waals surface area contributed by atoms with Crippen LogP contribution in [0.5, 0.6) is 0 Å². The Morgan fingerprint density at radius 2 is 1.77 bits per heavy atom. The summed E-state index contributed by atoms with van der Waals surface area (Å²) in [4.78, 5) is 25.0. The van der Waals surface area contributed by atoms with E-state index in [9.17, 15) is 9.59 Å². The lowest BCUT2D eigenvalue weighted by Gasteiger charge is -2.31. The summed E-state index contributed by atoms with van der Waals surface area (Å²) in [5.74, 6) is 0.305. The highest BCUT2D eigenvalue weighted by atomic mass is 16.2. The second kappa shape index (κ2) is 12.4. The van der Waals surface area contributed by atoms with Gasteiger partial charge in [-0.05, 0) is 38.5 Å². The summed E-state index contributed by atoms with van der Waals surface area (Å²) in [5.41, 5.74) is 0.